The predicted molar refractivity (Wildman–Crippen MR) is 76.9 cm³/mol. The van der Waals surface area contributed by atoms with Crippen LogP contribution in [0.2, 0.25) is 0 Å². The maximum atomic E-state index is 12.2. The molecule has 7 nitrogen and oxygen atoms in total. The third kappa shape index (κ3) is 4.07. The minimum absolute atomic E-state index is 0.239. The Morgan fingerprint density at radius 2 is 2.00 bits per heavy atom. The lowest BCUT2D eigenvalue weighted by Crippen LogP contribution is -2.42. The van der Waals surface area contributed by atoms with Gasteiger partial charge >= 0.3 is 12.0 Å². The smallest absolute Gasteiger partial charge is 0.323 e. The summed E-state index contributed by atoms with van der Waals surface area (Å²) in [5, 5.41) is 15.8. The van der Waals surface area contributed by atoms with Crippen molar-refractivity contribution < 1.29 is 14.7 Å². The van der Waals surface area contributed by atoms with Crippen molar-refractivity contribution in [2.24, 2.45) is 7.05 Å². The van der Waals surface area contributed by atoms with E-state index in [1.165, 1.54) is 4.90 Å². The topological polar surface area (TPSA) is 87.5 Å². The van der Waals surface area contributed by atoms with E-state index in [0.717, 1.165) is 0 Å². The summed E-state index contributed by atoms with van der Waals surface area (Å²) in [6, 6.07) is 9.96. The van der Waals surface area contributed by atoms with Crippen molar-refractivity contribution >= 4 is 17.7 Å². The van der Waals surface area contributed by atoms with Gasteiger partial charge in [-0.05, 0) is 18.2 Å². The summed E-state index contributed by atoms with van der Waals surface area (Å²) in [7, 11) is 1.78. The average molecular weight is 288 g/mol. The third-order valence-corrected chi connectivity index (χ3v) is 2.80. The van der Waals surface area contributed by atoms with Crippen LogP contribution in [0, 0.1) is 0 Å². The van der Waals surface area contributed by atoms with Gasteiger partial charge < -0.3 is 10.4 Å². The van der Waals surface area contributed by atoms with Gasteiger partial charge in [0.15, 0.2) is 0 Å². The minimum Gasteiger partial charge on any atom is -0.480 e. The van der Waals surface area contributed by atoms with Crippen LogP contribution >= 0.6 is 0 Å². The first-order chi connectivity index (χ1) is 10.1. The Kier molecular flexibility index (Phi) is 4.55. The zero-order valence-electron chi connectivity index (χ0n) is 11.6. The number of aryl methyl sites for hydroxylation is 1. The van der Waals surface area contributed by atoms with Gasteiger partial charge in [0.05, 0.1) is 12.2 Å². The molecule has 1 aromatic heterocycles. The number of carbonyl (C=O) groups excluding carboxylic acids is 1. The van der Waals surface area contributed by atoms with E-state index in [2.05, 4.69) is 10.4 Å². The maximum absolute atomic E-state index is 12.2. The number of hydrogen-bond donors (Lipinski definition) is 2. The number of benzene rings is 1. The second-order valence-corrected chi connectivity index (χ2v) is 4.45. The van der Waals surface area contributed by atoms with Crippen LogP contribution < -0.4 is 10.2 Å². The molecule has 0 saturated heterocycles. The first-order valence-corrected chi connectivity index (χ1v) is 6.37. The fraction of sp³-hybridized carbons (Fsp3) is 0.214. The number of aromatic nitrogens is 2. The molecule has 110 valence electrons. The van der Waals surface area contributed by atoms with Gasteiger partial charge in [-0.3, -0.25) is 14.4 Å². The van der Waals surface area contributed by atoms with Gasteiger partial charge in [-0.25, -0.2) is 4.79 Å². The number of carbonyl (C=O) groups is 2. The van der Waals surface area contributed by atoms with Gasteiger partial charge in [0.25, 0.3) is 0 Å². The summed E-state index contributed by atoms with van der Waals surface area (Å²) < 4.78 is 1.63. The summed E-state index contributed by atoms with van der Waals surface area (Å²) in [5.41, 5.74) is 1.23. The lowest BCUT2D eigenvalue weighted by Gasteiger charge is -2.21. The molecule has 0 aliphatic rings. The summed E-state index contributed by atoms with van der Waals surface area (Å²) >= 11 is 0. The molecule has 0 radical (unpaired) electrons. The molecule has 0 saturated carbocycles. The fourth-order valence-electron chi connectivity index (χ4n) is 1.84. The fourth-order valence-corrected chi connectivity index (χ4v) is 1.84. The number of anilines is 1. The molecule has 7 heteroatoms. The van der Waals surface area contributed by atoms with Crippen LogP contribution in [0.15, 0.2) is 42.6 Å². The van der Waals surface area contributed by atoms with E-state index in [1.807, 2.05) is 0 Å². The van der Waals surface area contributed by atoms with E-state index in [-0.39, 0.29) is 6.54 Å². The maximum Gasteiger partial charge on any atom is 0.323 e. The SMILES string of the molecule is Cn1ccc(CNC(=O)N(CC(=O)O)c2ccccc2)n1. The van der Waals surface area contributed by atoms with Crippen molar-refractivity contribution in [2.75, 3.05) is 11.4 Å². The number of carboxylic acids is 1. The molecule has 0 unspecified atom stereocenters. The number of hydrogen-bond acceptors (Lipinski definition) is 3. The van der Waals surface area contributed by atoms with Crippen LogP contribution in [0.4, 0.5) is 10.5 Å². The van der Waals surface area contributed by atoms with E-state index >= 15 is 0 Å². The van der Waals surface area contributed by atoms with Crippen molar-refractivity contribution in [3.05, 3.63) is 48.3 Å². The van der Waals surface area contributed by atoms with E-state index in [4.69, 9.17) is 5.11 Å². The van der Waals surface area contributed by atoms with Crippen molar-refractivity contribution in [2.45, 2.75) is 6.54 Å². The van der Waals surface area contributed by atoms with Crippen LogP contribution in [-0.4, -0.2) is 33.4 Å². The van der Waals surface area contributed by atoms with Gasteiger partial charge in [0, 0.05) is 18.9 Å². The van der Waals surface area contributed by atoms with Gasteiger partial charge in [-0.15, -0.1) is 0 Å². The first kappa shape index (κ1) is 14.6. The standard InChI is InChI=1S/C14H16N4O3/c1-17-8-7-11(16-17)9-15-14(21)18(10-13(19)20)12-5-3-2-4-6-12/h2-8H,9-10H2,1H3,(H,15,21)(H,19,20). The van der Waals surface area contributed by atoms with E-state index in [1.54, 1.807) is 54.3 Å². The quantitative estimate of drug-likeness (QED) is 0.866. The molecule has 0 spiro atoms. The number of urea groups is 1. The van der Waals surface area contributed by atoms with Crippen LogP contribution in [0.25, 0.3) is 0 Å². The first-order valence-electron chi connectivity index (χ1n) is 6.37. The number of para-hydroxylation sites is 1. The van der Waals surface area contributed by atoms with Gasteiger partial charge in [-0.1, -0.05) is 18.2 Å². The summed E-state index contributed by atoms with van der Waals surface area (Å²) in [6.45, 7) is -0.166. The predicted octanol–water partition coefficient (Wildman–Crippen LogP) is 1.22. The van der Waals surface area contributed by atoms with Crippen LogP contribution in [0.1, 0.15) is 5.69 Å². The minimum atomic E-state index is -1.08. The lowest BCUT2D eigenvalue weighted by atomic mass is 10.3. The molecule has 2 rings (SSSR count). The van der Waals surface area contributed by atoms with Crippen LogP contribution in [0.3, 0.4) is 0 Å². The second kappa shape index (κ2) is 6.56. The van der Waals surface area contributed by atoms with Gasteiger partial charge in [0.2, 0.25) is 0 Å². The second-order valence-electron chi connectivity index (χ2n) is 4.45. The monoisotopic (exact) mass is 288 g/mol. The number of nitrogens with zero attached hydrogens (tertiary/aromatic N) is 3. The lowest BCUT2D eigenvalue weighted by molar-refractivity contribution is -0.135. The number of amides is 2. The zero-order chi connectivity index (χ0) is 15.2. The molecule has 0 atom stereocenters. The molecule has 0 bridgehead atoms. The molecule has 2 N–H and O–H groups in total. The number of aliphatic carboxylic acids is 1. The average Bonchev–Trinajstić information content (AvgIpc) is 2.88. The Hall–Kier alpha value is -2.83. The molecule has 0 aliphatic carbocycles. The Labute approximate surface area is 121 Å². The molecule has 1 heterocycles. The van der Waals surface area contributed by atoms with E-state index in [0.29, 0.717) is 11.4 Å². The highest BCUT2D eigenvalue weighted by Crippen LogP contribution is 2.13. The highest BCUT2D eigenvalue weighted by Gasteiger charge is 2.18. The van der Waals surface area contributed by atoms with E-state index < -0.39 is 18.5 Å². The van der Waals surface area contributed by atoms with Crippen LogP contribution in [-0.2, 0) is 18.4 Å². The molecule has 2 aromatic rings. The van der Waals surface area contributed by atoms with Gasteiger partial charge in [0.1, 0.15) is 6.54 Å². The third-order valence-electron chi connectivity index (χ3n) is 2.80. The Balaban J connectivity index is 2.05. The van der Waals surface area contributed by atoms with Crippen molar-refractivity contribution in [3.63, 3.8) is 0 Å². The molecule has 0 aliphatic heterocycles. The highest BCUT2D eigenvalue weighted by atomic mass is 16.4. The highest BCUT2D eigenvalue weighted by molar-refractivity contribution is 5.96. The Bertz CT molecular complexity index is 624. The largest absolute Gasteiger partial charge is 0.480 e. The van der Waals surface area contributed by atoms with Gasteiger partial charge in [-0.2, -0.15) is 5.10 Å². The summed E-state index contributed by atoms with van der Waals surface area (Å²) in [6.07, 6.45) is 1.77. The number of nitrogens with one attached hydrogen (secondary N) is 1. The summed E-state index contributed by atoms with van der Waals surface area (Å²) in [4.78, 5) is 24.3. The normalized spacial score (nSPS) is 10.1. The number of rotatable bonds is 5. The van der Waals surface area contributed by atoms with Crippen molar-refractivity contribution in [3.8, 4) is 0 Å². The van der Waals surface area contributed by atoms with Crippen LogP contribution in [0.5, 0.6) is 0 Å². The molecule has 1 aromatic carbocycles. The molecule has 0 fully saturated rings. The number of carboxylic acid groups (broad SMARTS) is 1. The molecule has 2 amide bonds. The molecular weight excluding hydrogens is 272 g/mol. The van der Waals surface area contributed by atoms with Crippen molar-refractivity contribution in [1.82, 2.24) is 15.1 Å². The zero-order valence-corrected chi connectivity index (χ0v) is 11.6. The molecule has 21 heavy (non-hydrogen) atoms. The Morgan fingerprint density at radius 1 is 1.29 bits per heavy atom. The van der Waals surface area contributed by atoms with E-state index in [9.17, 15) is 9.59 Å². The summed E-state index contributed by atoms with van der Waals surface area (Å²) in [5.74, 6) is -1.08. The molecular formula is C14H16N4O3. The Morgan fingerprint density at radius 3 is 2.57 bits per heavy atom. The van der Waals surface area contributed by atoms with Crippen molar-refractivity contribution in [1.29, 1.82) is 0 Å².